The van der Waals surface area contributed by atoms with Crippen molar-refractivity contribution in [3.63, 3.8) is 0 Å². The highest BCUT2D eigenvalue weighted by Gasteiger charge is 2.13. The van der Waals surface area contributed by atoms with E-state index in [1.807, 2.05) is 0 Å². The normalized spacial score (nSPS) is 12.7. The first-order valence-corrected chi connectivity index (χ1v) is 2.27. The van der Waals surface area contributed by atoms with Crippen molar-refractivity contribution in [3.8, 4) is 0 Å². The number of amides is 1. The molecule has 9 heavy (non-hydrogen) atoms. The van der Waals surface area contributed by atoms with Gasteiger partial charge in [-0.25, -0.2) is 0 Å². The molecule has 0 aliphatic rings. The van der Waals surface area contributed by atoms with Crippen LogP contribution in [-0.4, -0.2) is 18.0 Å². The van der Waals surface area contributed by atoms with E-state index in [9.17, 15) is 14.0 Å². The van der Waals surface area contributed by atoms with Crippen molar-refractivity contribution in [3.05, 3.63) is 0 Å². The van der Waals surface area contributed by atoms with Crippen LogP contribution in [0.2, 0.25) is 0 Å². The third-order valence-electron chi connectivity index (χ3n) is 0.713. The smallest absolute Gasteiger partial charge is 0.318 e. The van der Waals surface area contributed by atoms with Crippen LogP contribution in [0.15, 0.2) is 0 Å². The third kappa shape index (κ3) is 3.60. The lowest BCUT2D eigenvalue weighted by Gasteiger charge is -1.98. The molecule has 0 heterocycles. The average molecular weight is 134 g/mol. The quantitative estimate of drug-likeness (QED) is 0.469. The lowest BCUT2D eigenvalue weighted by molar-refractivity contribution is -0.133. The summed E-state index contributed by atoms with van der Waals surface area (Å²) in [6.45, 7) is 0. The van der Waals surface area contributed by atoms with Crippen LogP contribution in [0, 0.1) is 0 Å². The first kappa shape index (κ1) is 8.03. The van der Waals surface area contributed by atoms with E-state index in [0.29, 0.717) is 0 Å². The average Bonchev–Trinajstić information content (AvgIpc) is 1.63. The molecule has 0 radical (unpaired) electrons. The Morgan fingerprint density at radius 3 is 2.11 bits per heavy atom. The summed E-state index contributed by atoms with van der Waals surface area (Å²) in [7, 11) is 0. The van der Waals surface area contributed by atoms with Crippen LogP contribution in [0.5, 0.6) is 0 Å². The Balaban J connectivity index is 3.63. The van der Waals surface area contributed by atoms with E-state index in [1.165, 1.54) is 0 Å². The maximum Gasteiger partial charge on any atom is 0.318 e. The molecule has 4 N–H and O–H groups in total. The molecule has 0 rings (SSSR count). The number of nitrogens with two attached hydrogens (primary N) is 2. The molecule has 4 nitrogen and oxygen atoms in total. The van der Waals surface area contributed by atoms with E-state index in [0.717, 1.165) is 0 Å². The molecule has 0 aliphatic carbocycles. The van der Waals surface area contributed by atoms with Crippen LogP contribution in [0.4, 0.5) is 4.39 Å². The Kier molecular flexibility index (Phi) is 2.80. The van der Waals surface area contributed by atoms with Gasteiger partial charge in [-0.1, -0.05) is 0 Å². The van der Waals surface area contributed by atoms with E-state index in [4.69, 9.17) is 5.73 Å². The standard InChI is InChI=1S/C4H7FN2O2/c5-4(9)2(6)1-3(7)8/h2H,1,6H2,(H2,7,8)/t2-/m0/s1. The fraction of sp³-hybridized carbons (Fsp3) is 0.500. The molecule has 52 valence electrons. The number of halogens is 1. The highest BCUT2D eigenvalue weighted by Crippen LogP contribution is 1.88. The second-order valence-corrected chi connectivity index (χ2v) is 1.58. The monoisotopic (exact) mass is 134 g/mol. The van der Waals surface area contributed by atoms with Gasteiger partial charge in [-0.2, -0.15) is 4.39 Å². The molecule has 0 aromatic rings. The van der Waals surface area contributed by atoms with Gasteiger partial charge in [0, 0.05) is 0 Å². The Bertz CT molecular complexity index is 137. The van der Waals surface area contributed by atoms with Crippen molar-refractivity contribution < 1.29 is 14.0 Å². The summed E-state index contributed by atoms with van der Waals surface area (Å²) >= 11 is 0. The van der Waals surface area contributed by atoms with Gasteiger partial charge in [-0.15, -0.1) is 0 Å². The molecule has 1 amide bonds. The minimum Gasteiger partial charge on any atom is -0.370 e. The van der Waals surface area contributed by atoms with Crippen LogP contribution in [0.25, 0.3) is 0 Å². The lowest BCUT2D eigenvalue weighted by atomic mass is 10.2. The van der Waals surface area contributed by atoms with Crippen molar-refractivity contribution in [2.45, 2.75) is 12.5 Å². The number of rotatable bonds is 3. The Morgan fingerprint density at radius 2 is 2.00 bits per heavy atom. The van der Waals surface area contributed by atoms with Crippen molar-refractivity contribution in [1.82, 2.24) is 0 Å². The van der Waals surface area contributed by atoms with Crippen LogP contribution in [0.3, 0.4) is 0 Å². The fourth-order valence-electron chi connectivity index (χ4n) is 0.297. The minimum atomic E-state index is -1.71. The minimum absolute atomic E-state index is 0.435. The van der Waals surface area contributed by atoms with E-state index < -0.39 is 24.4 Å². The predicted octanol–water partition coefficient (Wildman–Crippen LogP) is -1.31. The van der Waals surface area contributed by atoms with Gasteiger partial charge in [-0.3, -0.25) is 9.59 Å². The number of hydrogen-bond donors (Lipinski definition) is 2. The maximum absolute atomic E-state index is 11.5. The number of hydrogen-bond acceptors (Lipinski definition) is 3. The second-order valence-electron chi connectivity index (χ2n) is 1.58. The van der Waals surface area contributed by atoms with Crippen molar-refractivity contribution in [2.24, 2.45) is 11.5 Å². The Morgan fingerprint density at radius 1 is 1.56 bits per heavy atom. The van der Waals surface area contributed by atoms with E-state index in [1.54, 1.807) is 0 Å². The van der Waals surface area contributed by atoms with Crippen LogP contribution in [-0.2, 0) is 9.59 Å². The Hall–Kier alpha value is -0.970. The molecule has 0 fully saturated rings. The predicted molar refractivity (Wildman–Crippen MR) is 27.9 cm³/mol. The molecule has 0 aromatic heterocycles. The van der Waals surface area contributed by atoms with Crippen LogP contribution in [0.1, 0.15) is 6.42 Å². The van der Waals surface area contributed by atoms with Crippen LogP contribution >= 0.6 is 0 Å². The first-order valence-electron chi connectivity index (χ1n) is 2.27. The van der Waals surface area contributed by atoms with Gasteiger partial charge in [0.05, 0.1) is 6.42 Å². The SMILES string of the molecule is NC(=O)C[C@H](N)C(=O)F. The highest BCUT2D eigenvalue weighted by atomic mass is 19.1. The van der Waals surface area contributed by atoms with Gasteiger partial charge in [0.25, 0.3) is 0 Å². The van der Waals surface area contributed by atoms with Gasteiger partial charge in [0.2, 0.25) is 5.91 Å². The number of carbonyl (C=O) groups is 2. The topological polar surface area (TPSA) is 86.2 Å². The van der Waals surface area contributed by atoms with Crippen LogP contribution < -0.4 is 11.5 Å². The summed E-state index contributed by atoms with van der Waals surface area (Å²) in [5, 5.41) is 0. The number of primary amides is 1. The van der Waals surface area contributed by atoms with Gasteiger partial charge < -0.3 is 11.5 Å². The summed E-state index contributed by atoms with van der Waals surface area (Å²) in [6.07, 6.45) is -0.435. The summed E-state index contributed by atoms with van der Waals surface area (Å²) in [4.78, 5) is 19.6. The van der Waals surface area contributed by atoms with Crippen molar-refractivity contribution >= 4 is 11.9 Å². The lowest BCUT2D eigenvalue weighted by Crippen LogP contribution is -2.32. The van der Waals surface area contributed by atoms with E-state index >= 15 is 0 Å². The molecule has 1 atom stereocenters. The molecule has 0 aliphatic heterocycles. The molecule has 0 saturated heterocycles. The molecular weight excluding hydrogens is 127 g/mol. The number of carbonyl (C=O) groups excluding carboxylic acids is 2. The summed E-state index contributed by atoms with van der Waals surface area (Å²) in [5.74, 6) is -0.784. The molecule has 0 bridgehead atoms. The largest absolute Gasteiger partial charge is 0.370 e. The zero-order chi connectivity index (χ0) is 7.44. The van der Waals surface area contributed by atoms with Gasteiger partial charge >= 0.3 is 6.04 Å². The molecule has 0 saturated carbocycles. The third-order valence-corrected chi connectivity index (χ3v) is 0.713. The highest BCUT2D eigenvalue weighted by molar-refractivity contribution is 5.83. The molecular formula is C4H7FN2O2. The summed E-state index contributed by atoms with van der Waals surface area (Å²) < 4.78 is 11.5. The zero-order valence-electron chi connectivity index (χ0n) is 4.63. The molecule has 0 spiro atoms. The van der Waals surface area contributed by atoms with E-state index in [-0.39, 0.29) is 0 Å². The van der Waals surface area contributed by atoms with Crippen molar-refractivity contribution in [1.29, 1.82) is 0 Å². The van der Waals surface area contributed by atoms with Gasteiger partial charge in [-0.05, 0) is 0 Å². The zero-order valence-corrected chi connectivity index (χ0v) is 4.63. The maximum atomic E-state index is 11.5. The molecule has 0 aromatic carbocycles. The van der Waals surface area contributed by atoms with Gasteiger partial charge in [0.15, 0.2) is 0 Å². The van der Waals surface area contributed by atoms with E-state index in [2.05, 4.69) is 5.73 Å². The molecule has 5 heteroatoms. The Labute approximate surface area is 51.0 Å². The second kappa shape index (κ2) is 3.13. The van der Waals surface area contributed by atoms with Gasteiger partial charge in [0.1, 0.15) is 6.04 Å². The fourth-order valence-corrected chi connectivity index (χ4v) is 0.297. The summed E-state index contributed by atoms with van der Waals surface area (Å²) in [6, 6.07) is -3.10. The molecule has 0 unspecified atom stereocenters. The first-order chi connectivity index (χ1) is 4.04. The van der Waals surface area contributed by atoms with Crippen molar-refractivity contribution in [2.75, 3.05) is 0 Å². The summed E-state index contributed by atoms with van der Waals surface area (Å²) in [5.41, 5.74) is 9.39.